The van der Waals surface area contributed by atoms with Crippen molar-refractivity contribution < 1.29 is 9.53 Å². The number of hydrogen-bond acceptors (Lipinski definition) is 4. The molecule has 0 N–H and O–H groups in total. The Bertz CT molecular complexity index is 509. The molecular weight excluding hydrogens is 320 g/mol. The molecule has 0 aliphatic carbocycles. The molecule has 0 aromatic carbocycles. The van der Waals surface area contributed by atoms with Crippen LogP contribution in [0.1, 0.15) is 52.7 Å². The van der Waals surface area contributed by atoms with Crippen molar-refractivity contribution in [2.24, 2.45) is 0 Å². The maximum atomic E-state index is 13.0. The molecule has 1 aromatic rings. The number of rotatable bonds is 9. The lowest BCUT2D eigenvalue weighted by Crippen LogP contribution is -2.43. The van der Waals surface area contributed by atoms with Crippen LogP contribution in [-0.4, -0.2) is 61.6 Å². The molecule has 1 saturated heterocycles. The molecule has 2 rings (SSSR count). The lowest BCUT2D eigenvalue weighted by atomic mass is 10.1. The van der Waals surface area contributed by atoms with Crippen LogP contribution in [0.4, 0.5) is 0 Å². The number of unbranched alkanes of at least 4 members (excludes halogenated alkanes) is 3. The topological polar surface area (TPSA) is 32.8 Å². The lowest BCUT2D eigenvalue weighted by molar-refractivity contribution is 0.0324. The highest BCUT2D eigenvalue weighted by molar-refractivity contribution is 7.12. The second kappa shape index (κ2) is 10.2. The van der Waals surface area contributed by atoms with Crippen LogP contribution in [0.3, 0.4) is 0 Å². The SMILES string of the molecule is CCCCCCN(CCN1CCOCC1)C(=O)c1cc(C)sc1C. The van der Waals surface area contributed by atoms with E-state index in [2.05, 4.69) is 36.6 Å². The largest absolute Gasteiger partial charge is 0.379 e. The van der Waals surface area contributed by atoms with E-state index < -0.39 is 0 Å². The third kappa shape index (κ3) is 5.87. The van der Waals surface area contributed by atoms with E-state index in [1.807, 2.05) is 0 Å². The van der Waals surface area contributed by atoms with Gasteiger partial charge in [-0.15, -0.1) is 11.3 Å². The van der Waals surface area contributed by atoms with Crippen molar-refractivity contribution in [2.45, 2.75) is 46.5 Å². The second-order valence-corrected chi connectivity index (χ2v) is 8.09. The van der Waals surface area contributed by atoms with Crippen molar-refractivity contribution >= 4 is 17.2 Å². The monoisotopic (exact) mass is 352 g/mol. The van der Waals surface area contributed by atoms with Gasteiger partial charge in [-0.1, -0.05) is 26.2 Å². The average molecular weight is 353 g/mol. The Hall–Kier alpha value is -0.910. The number of ether oxygens (including phenoxy) is 1. The van der Waals surface area contributed by atoms with Crippen LogP contribution in [0.15, 0.2) is 6.07 Å². The molecule has 136 valence electrons. The van der Waals surface area contributed by atoms with Crippen LogP contribution in [0.25, 0.3) is 0 Å². The molecule has 2 heterocycles. The van der Waals surface area contributed by atoms with Gasteiger partial charge < -0.3 is 9.64 Å². The Labute approximate surface area is 150 Å². The Morgan fingerprint density at radius 3 is 2.58 bits per heavy atom. The van der Waals surface area contributed by atoms with Gasteiger partial charge in [0, 0.05) is 42.5 Å². The highest BCUT2D eigenvalue weighted by Crippen LogP contribution is 2.22. The molecule has 1 aliphatic rings. The number of carbonyl (C=O) groups excluding carboxylic acids is 1. The maximum absolute atomic E-state index is 13.0. The summed E-state index contributed by atoms with van der Waals surface area (Å²) in [6.45, 7) is 12.6. The summed E-state index contributed by atoms with van der Waals surface area (Å²) in [5, 5.41) is 0. The summed E-state index contributed by atoms with van der Waals surface area (Å²) in [5.41, 5.74) is 0.898. The zero-order valence-corrected chi connectivity index (χ0v) is 16.3. The Morgan fingerprint density at radius 2 is 1.96 bits per heavy atom. The van der Waals surface area contributed by atoms with Gasteiger partial charge >= 0.3 is 0 Å². The molecule has 0 radical (unpaired) electrons. The summed E-state index contributed by atoms with van der Waals surface area (Å²) in [5.74, 6) is 0.210. The first kappa shape index (κ1) is 19.4. The van der Waals surface area contributed by atoms with Gasteiger partial charge in [0.2, 0.25) is 0 Å². The van der Waals surface area contributed by atoms with Crippen molar-refractivity contribution in [3.8, 4) is 0 Å². The van der Waals surface area contributed by atoms with Gasteiger partial charge in [-0.2, -0.15) is 0 Å². The summed E-state index contributed by atoms with van der Waals surface area (Å²) in [4.78, 5) is 19.8. The molecule has 1 aromatic heterocycles. The van der Waals surface area contributed by atoms with Gasteiger partial charge in [-0.25, -0.2) is 0 Å². The number of aryl methyl sites for hydroxylation is 2. The molecule has 1 aliphatic heterocycles. The fourth-order valence-corrected chi connectivity index (χ4v) is 4.06. The minimum Gasteiger partial charge on any atom is -0.379 e. The molecule has 0 unspecified atom stereocenters. The molecule has 4 nitrogen and oxygen atoms in total. The molecule has 1 amide bonds. The third-order valence-electron chi connectivity index (χ3n) is 4.63. The molecular formula is C19H32N2O2S. The summed E-state index contributed by atoms with van der Waals surface area (Å²) < 4.78 is 5.41. The van der Waals surface area contributed by atoms with Gasteiger partial charge in [0.05, 0.1) is 18.8 Å². The normalized spacial score (nSPS) is 15.6. The molecule has 0 spiro atoms. The fourth-order valence-electron chi connectivity index (χ4n) is 3.14. The van der Waals surface area contributed by atoms with E-state index in [-0.39, 0.29) is 5.91 Å². The highest BCUT2D eigenvalue weighted by Gasteiger charge is 2.20. The average Bonchev–Trinajstić information content (AvgIpc) is 2.93. The first-order valence-corrected chi connectivity index (χ1v) is 10.1. The molecule has 0 bridgehead atoms. The van der Waals surface area contributed by atoms with Crippen LogP contribution in [0, 0.1) is 13.8 Å². The van der Waals surface area contributed by atoms with E-state index >= 15 is 0 Å². The van der Waals surface area contributed by atoms with Crippen molar-refractivity contribution in [3.63, 3.8) is 0 Å². The van der Waals surface area contributed by atoms with E-state index in [1.165, 1.54) is 24.1 Å². The Kier molecular flexibility index (Phi) is 8.22. The zero-order valence-electron chi connectivity index (χ0n) is 15.5. The summed E-state index contributed by atoms with van der Waals surface area (Å²) in [6, 6.07) is 2.05. The van der Waals surface area contributed by atoms with Gasteiger partial charge in [-0.05, 0) is 26.3 Å². The first-order valence-electron chi connectivity index (χ1n) is 9.28. The van der Waals surface area contributed by atoms with Crippen LogP contribution in [0.5, 0.6) is 0 Å². The van der Waals surface area contributed by atoms with E-state index in [0.29, 0.717) is 0 Å². The number of hydrogen-bond donors (Lipinski definition) is 0. The molecule has 24 heavy (non-hydrogen) atoms. The first-order chi connectivity index (χ1) is 11.6. The van der Waals surface area contributed by atoms with Crippen LogP contribution in [0.2, 0.25) is 0 Å². The quantitative estimate of drug-likeness (QED) is 0.635. The van der Waals surface area contributed by atoms with Gasteiger partial charge in [-0.3, -0.25) is 9.69 Å². The zero-order chi connectivity index (χ0) is 17.4. The minimum absolute atomic E-state index is 0.210. The summed E-state index contributed by atoms with van der Waals surface area (Å²) in [6.07, 6.45) is 4.79. The van der Waals surface area contributed by atoms with E-state index in [1.54, 1.807) is 11.3 Å². The Morgan fingerprint density at radius 1 is 1.21 bits per heavy atom. The van der Waals surface area contributed by atoms with Crippen LogP contribution in [-0.2, 0) is 4.74 Å². The summed E-state index contributed by atoms with van der Waals surface area (Å²) in [7, 11) is 0. The second-order valence-electron chi connectivity index (χ2n) is 6.63. The van der Waals surface area contributed by atoms with E-state index in [4.69, 9.17) is 4.74 Å². The lowest BCUT2D eigenvalue weighted by Gasteiger charge is -2.30. The molecule has 0 atom stereocenters. The number of nitrogens with zero attached hydrogens (tertiary/aromatic N) is 2. The van der Waals surface area contributed by atoms with Crippen molar-refractivity contribution in [1.29, 1.82) is 0 Å². The predicted octanol–water partition coefficient (Wildman–Crippen LogP) is 3.72. The molecule has 5 heteroatoms. The number of carbonyl (C=O) groups is 1. The van der Waals surface area contributed by atoms with Crippen molar-refractivity contribution in [3.05, 3.63) is 21.4 Å². The fraction of sp³-hybridized carbons (Fsp3) is 0.737. The van der Waals surface area contributed by atoms with Crippen molar-refractivity contribution in [2.75, 3.05) is 45.9 Å². The van der Waals surface area contributed by atoms with Crippen LogP contribution < -0.4 is 0 Å². The summed E-state index contributed by atoms with van der Waals surface area (Å²) >= 11 is 1.72. The Balaban J connectivity index is 1.95. The maximum Gasteiger partial charge on any atom is 0.255 e. The smallest absolute Gasteiger partial charge is 0.255 e. The van der Waals surface area contributed by atoms with E-state index in [0.717, 1.165) is 62.8 Å². The van der Waals surface area contributed by atoms with Crippen molar-refractivity contribution in [1.82, 2.24) is 9.80 Å². The standard InChI is InChI=1S/C19H32N2O2S/c1-4-5-6-7-8-21(10-9-20-11-13-23-14-12-20)19(22)18-15-16(2)24-17(18)3/h15H,4-14H2,1-3H3. The number of amides is 1. The van der Waals surface area contributed by atoms with Gasteiger partial charge in [0.15, 0.2) is 0 Å². The van der Waals surface area contributed by atoms with Gasteiger partial charge in [0.25, 0.3) is 5.91 Å². The van der Waals surface area contributed by atoms with Gasteiger partial charge in [0.1, 0.15) is 0 Å². The highest BCUT2D eigenvalue weighted by atomic mass is 32.1. The predicted molar refractivity (Wildman–Crippen MR) is 101 cm³/mol. The number of morpholine rings is 1. The third-order valence-corrected chi connectivity index (χ3v) is 5.60. The molecule has 1 fully saturated rings. The van der Waals surface area contributed by atoms with E-state index in [9.17, 15) is 4.79 Å². The number of thiophene rings is 1. The molecule has 0 saturated carbocycles. The van der Waals surface area contributed by atoms with Crippen LogP contribution >= 0.6 is 11.3 Å². The minimum atomic E-state index is 0.210.